The molecule has 0 spiro atoms. The zero-order chi connectivity index (χ0) is 17.6. The third kappa shape index (κ3) is 4.89. The first kappa shape index (κ1) is 18.1. The second kappa shape index (κ2) is 8.59. The van der Waals surface area contributed by atoms with E-state index in [9.17, 15) is 9.18 Å². The summed E-state index contributed by atoms with van der Waals surface area (Å²) in [5.41, 5.74) is 2.36. The van der Waals surface area contributed by atoms with Crippen LogP contribution in [0.3, 0.4) is 0 Å². The maximum Gasteiger partial charge on any atom is 0.254 e. The fourth-order valence-corrected chi connectivity index (χ4v) is 3.55. The molecule has 3 rings (SSSR count). The van der Waals surface area contributed by atoms with Crippen LogP contribution in [0.2, 0.25) is 0 Å². The third-order valence-electron chi connectivity index (χ3n) is 4.57. The van der Waals surface area contributed by atoms with Gasteiger partial charge in [0.25, 0.3) is 5.91 Å². The van der Waals surface area contributed by atoms with Gasteiger partial charge in [0.1, 0.15) is 5.82 Å². The van der Waals surface area contributed by atoms with Crippen LogP contribution in [0.25, 0.3) is 0 Å². The molecule has 1 aliphatic heterocycles. The average Bonchev–Trinajstić information content (AvgIpc) is 2.63. The normalized spacial score (nSPS) is 15.1. The number of benzene rings is 2. The van der Waals surface area contributed by atoms with Crippen molar-refractivity contribution in [3.8, 4) is 0 Å². The summed E-state index contributed by atoms with van der Waals surface area (Å²) in [7, 11) is 0. The number of halogens is 2. The van der Waals surface area contributed by atoms with Gasteiger partial charge in [0.2, 0.25) is 0 Å². The van der Waals surface area contributed by atoms with Gasteiger partial charge in [-0.05, 0) is 55.3 Å². The maximum absolute atomic E-state index is 13.8. The second-order valence-corrected chi connectivity index (χ2v) is 7.33. The van der Waals surface area contributed by atoms with Crippen LogP contribution in [-0.2, 0) is 13.1 Å². The van der Waals surface area contributed by atoms with Crippen molar-refractivity contribution in [1.29, 1.82) is 0 Å². The van der Waals surface area contributed by atoms with Gasteiger partial charge in [-0.2, -0.15) is 0 Å². The summed E-state index contributed by atoms with van der Waals surface area (Å²) < 4.78 is 14.5. The lowest BCUT2D eigenvalue weighted by molar-refractivity contribution is 0.0946. The predicted molar refractivity (Wildman–Crippen MR) is 101 cm³/mol. The molecule has 1 amide bonds. The van der Waals surface area contributed by atoms with Crippen molar-refractivity contribution in [3.05, 3.63) is 69.4 Å². The van der Waals surface area contributed by atoms with Crippen molar-refractivity contribution in [1.82, 2.24) is 10.2 Å². The highest BCUT2D eigenvalue weighted by molar-refractivity contribution is 9.10. The van der Waals surface area contributed by atoms with Gasteiger partial charge >= 0.3 is 0 Å². The number of hydrogen-bond acceptors (Lipinski definition) is 2. The Hall–Kier alpha value is -1.72. The third-order valence-corrected chi connectivity index (χ3v) is 5.07. The molecule has 132 valence electrons. The van der Waals surface area contributed by atoms with Crippen LogP contribution < -0.4 is 5.32 Å². The molecular formula is C20H22BrFN2O. The van der Waals surface area contributed by atoms with E-state index in [0.29, 0.717) is 11.0 Å². The first-order chi connectivity index (χ1) is 12.1. The fourth-order valence-electron chi connectivity index (χ4n) is 3.18. The lowest BCUT2D eigenvalue weighted by Gasteiger charge is -2.27. The molecule has 0 atom stereocenters. The molecule has 3 nitrogen and oxygen atoms in total. The first-order valence-corrected chi connectivity index (χ1v) is 9.45. The van der Waals surface area contributed by atoms with E-state index in [0.717, 1.165) is 25.2 Å². The van der Waals surface area contributed by atoms with E-state index in [4.69, 9.17) is 0 Å². The Morgan fingerprint density at radius 2 is 1.80 bits per heavy atom. The fraction of sp³-hybridized carbons (Fsp3) is 0.350. The quantitative estimate of drug-likeness (QED) is 0.794. The van der Waals surface area contributed by atoms with E-state index >= 15 is 0 Å². The second-order valence-electron chi connectivity index (χ2n) is 6.41. The molecule has 1 heterocycles. The largest absolute Gasteiger partial charge is 0.348 e. The minimum absolute atomic E-state index is 0.0582. The highest BCUT2D eigenvalue weighted by atomic mass is 79.9. The molecule has 1 N–H and O–H groups in total. The maximum atomic E-state index is 13.8. The summed E-state index contributed by atoms with van der Waals surface area (Å²) in [5.74, 6) is -0.908. The lowest BCUT2D eigenvalue weighted by atomic mass is 10.0. The Morgan fingerprint density at radius 3 is 2.56 bits per heavy atom. The number of piperidine rings is 1. The zero-order valence-electron chi connectivity index (χ0n) is 14.1. The molecule has 2 aromatic rings. The molecule has 1 aliphatic rings. The van der Waals surface area contributed by atoms with Crippen molar-refractivity contribution >= 4 is 21.8 Å². The number of carbonyl (C=O) groups is 1. The van der Waals surface area contributed by atoms with Gasteiger partial charge in [-0.25, -0.2) is 4.39 Å². The Kier molecular flexibility index (Phi) is 6.21. The van der Waals surface area contributed by atoms with E-state index in [-0.39, 0.29) is 5.56 Å². The van der Waals surface area contributed by atoms with E-state index in [1.165, 1.54) is 37.0 Å². The summed E-state index contributed by atoms with van der Waals surface area (Å²) >= 11 is 3.28. The molecule has 0 aromatic heterocycles. The molecule has 1 fully saturated rings. The number of rotatable bonds is 5. The molecule has 0 aliphatic carbocycles. The van der Waals surface area contributed by atoms with Gasteiger partial charge in [0.15, 0.2) is 0 Å². The highest BCUT2D eigenvalue weighted by Gasteiger charge is 2.15. The molecule has 0 saturated carbocycles. The average molecular weight is 405 g/mol. The molecule has 0 bridgehead atoms. The standard InChI is InChI=1S/C20H22BrFN2O/c21-17-8-9-19(22)18(12-17)20(25)23-13-15-6-2-3-7-16(15)14-24-10-4-1-5-11-24/h2-3,6-9,12H,1,4-5,10-11,13-14H2,(H,23,25). The summed E-state index contributed by atoms with van der Waals surface area (Å²) in [5, 5.41) is 2.84. The van der Waals surface area contributed by atoms with Crippen LogP contribution in [0.5, 0.6) is 0 Å². The molecule has 0 radical (unpaired) electrons. The van der Waals surface area contributed by atoms with Crippen LogP contribution in [0.4, 0.5) is 4.39 Å². The van der Waals surface area contributed by atoms with Gasteiger partial charge in [-0.15, -0.1) is 0 Å². The molecule has 2 aromatic carbocycles. The minimum Gasteiger partial charge on any atom is -0.348 e. The lowest BCUT2D eigenvalue weighted by Crippen LogP contribution is -2.30. The summed E-state index contributed by atoms with van der Waals surface area (Å²) in [6, 6.07) is 12.5. The van der Waals surface area contributed by atoms with Gasteiger partial charge < -0.3 is 5.32 Å². The summed E-state index contributed by atoms with van der Waals surface area (Å²) in [6.07, 6.45) is 3.81. The smallest absolute Gasteiger partial charge is 0.254 e. The number of carbonyl (C=O) groups excluding carboxylic acids is 1. The predicted octanol–water partition coefficient (Wildman–Crippen LogP) is 4.50. The zero-order valence-corrected chi connectivity index (χ0v) is 15.7. The number of nitrogens with zero attached hydrogens (tertiary/aromatic N) is 1. The van der Waals surface area contributed by atoms with Crippen molar-refractivity contribution in [2.45, 2.75) is 32.4 Å². The molecule has 1 saturated heterocycles. The monoisotopic (exact) mass is 404 g/mol. The van der Waals surface area contributed by atoms with Crippen LogP contribution in [-0.4, -0.2) is 23.9 Å². The first-order valence-electron chi connectivity index (χ1n) is 8.66. The Balaban J connectivity index is 1.66. The molecule has 25 heavy (non-hydrogen) atoms. The van der Waals surface area contributed by atoms with Crippen molar-refractivity contribution in [3.63, 3.8) is 0 Å². The number of nitrogens with one attached hydrogen (secondary N) is 1. The summed E-state index contributed by atoms with van der Waals surface area (Å²) in [6.45, 7) is 3.56. The van der Waals surface area contributed by atoms with Crippen LogP contribution in [0.1, 0.15) is 40.7 Å². The van der Waals surface area contributed by atoms with Gasteiger partial charge in [-0.3, -0.25) is 9.69 Å². The van der Waals surface area contributed by atoms with Crippen LogP contribution in [0, 0.1) is 5.82 Å². The minimum atomic E-state index is -0.512. The summed E-state index contributed by atoms with van der Waals surface area (Å²) in [4.78, 5) is 14.8. The van der Waals surface area contributed by atoms with E-state index < -0.39 is 11.7 Å². The van der Waals surface area contributed by atoms with Crippen LogP contribution in [0.15, 0.2) is 46.9 Å². The Bertz CT molecular complexity index is 744. The van der Waals surface area contributed by atoms with Crippen LogP contribution >= 0.6 is 15.9 Å². The Labute approximate surface area is 156 Å². The SMILES string of the molecule is O=C(NCc1ccccc1CN1CCCCC1)c1cc(Br)ccc1F. The van der Waals surface area contributed by atoms with Crippen molar-refractivity contribution in [2.75, 3.05) is 13.1 Å². The van der Waals surface area contributed by atoms with Gasteiger partial charge in [0, 0.05) is 17.6 Å². The van der Waals surface area contributed by atoms with Crippen molar-refractivity contribution in [2.24, 2.45) is 0 Å². The number of amides is 1. The van der Waals surface area contributed by atoms with Gasteiger partial charge in [0.05, 0.1) is 5.56 Å². The molecule has 5 heteroatoms. The Morgan fingerprint density at radius 1 is 1.08 bits per heavy atom. The number of hydrogen-bond donors (Lipinski definition) is 1. The van der Waals surface area contributed by atoms with Gasteiger partial charge in [-0.1, -0.05) is 46.6 Å². The van der Waals surface area contributed by atoms with E-state index in [1.807, 2.05) is 18.2 Å². The van der Waals surface area contributed by atoms with E-state index in [1.54, 1.807) is 6.07 Å². The highest BCUT2D eigenvalue weighted by Crippen LogP contribution is 2.18. The van der Waals surface area contributed by atoms with E-state index in [2.05, 4.69) is 32.2 Å². The van der Waals surface area contributed by atoms with Crippen molar-refractivity contribution < 1.29 is 9.18 Å². The number of likely N-dealkylation sites (tertiary alicyclic amines) is 1. The molecule has 0 unspecified atom stereocenters. The molecular weight excluding hydrogens is 383 g/mol. The topological polar surface area (TPSA) is 32.3 Å².